The lowest BCUT2D eigenvalue weighted by atomic mass is 10.2. The smallest absolute Gasteiger partial charge is 0.220 e. The number of carbonyl (C=O) groups is 1. The van der Waals surface area contributed by atoms with Crippen LogP contribution in [0.3, 0.4) is 0 Å². The van der Waals surface area contributed by atoms with Crippen LogP contribution in [0.1, 0.15) is 50.5 Å². The molecule has 3 rings (SSSR count). The number of unbranched alkanes of at least 4 members (excludes halogenated alkanes) is 1. The Morgan fingerprint density at radius 2 is 1.93 bits per heavy atom. The Kier molecular flexibility index (Phi) is 8.19. The van der Waals surface area contributed by atoms with Crippen LogP contribution in [0, 0.1) is 0 Å². The molecule has 30 heavy (non-hydrogen) atoms. The second kappa shape index (κ2) is 10.8. The van der Waals surface area contributed by atoms with Gasteiger partial charge in [-0.25, -0.2) is 0 Å². The monoisotopic (exact) mass is 462 g/mol. The van der Waals surface area contributed by atoms with Crippen LogP contribution in [0.5, 0.6) is 0 Å². The summed E-state index contributed by atoms with van der Waals surface area (Å²) in [5.41, 5.74) is 1.91. The highest BCUT2D eigenvalue weighted by molar-refractivity contribution is 7.98. The van der Waals surface area contributed by atoms with Crippen molar-refractivity contribution in [3.8, 4) is 5.69 Å². The molecule has 0 aliphatic carbocycles. The van der Waals surface area contributed by atoms with Crippen LogP contribution < -0.4 is 5.32 Å². The molecule has 1 amide bonds. The normalized spacial score (nSPS) is 12.0. The summed E-state index contributed by atoms with van der Waals surface area (Å²) in [6, 6.07) is 15.1. The summed E-state index contributed by atoms with van der Waals surface area (Å²) >= 11 is 14.2. The highest BCUT2D eigenvalue weighted by Gasteiger charge is 2.22. The number of hydrogen-bond acceptors (Lipinski definition) is 4. The van der Waals surface area contributed by atoms with Gasteiger partial charge in [0.05, 0.1) is 16.8 Å². The molecule has 0 saturated heterocycles. The number of nitrogens with zero attached hydrogens (tertiary/aromatic N) is 3. The Balaban J connectivity index is 1.92. The zero-order valence-corrected chi connectivity index (χ0v) is 19.3. The van der Waals surface area contributed by atoms with Crippen LogP contribution in [0.25, 0.3) is 5.69 Å². The van der Waals surface area contributed by atoms with Gasteiger partial charge < -0.3 is 5.32 Å². The average Bonchev–Trinajstić information content (AvgIpc) is 3.15. The fraction of sp³-hybridized carbons (Fsp3) is 0.318. The van der Waals surface area contributed by atoms with Gasteiger partial charge in [0, 0.05) is 17.2 Å². The quantitative estimate of drug-likeness (QED) is 0.382. The van der Waals surface area contributed by atoms with E-state index in [9.17, 15) is 4.79 Å². The third-order valence-corrected chi connectivity index (χ3v) is 6.08. The molecule has 2 aromatic carbocycles. The van der Waals surface area contributed by atoms with Crippen molar-refractivity contribution in [1.82, 2.24) is 20.1 Å². The highest BCUT2D eigenvalue weighted by atomic mass is 35.5. The molecule has 1 atom stereocenters. The molecule has 1 unspecified atom stereocenters. The van der Waals surface area contributed by atoms with Gasteiger partial charge in [-0.3, -0.25) is 9.36 Å². The van der Waals surface area contributed by atoms with E-state index in [1.54, 1.807) is 23.9 Å². The molecule has 3 aromatic rings. The van der Waals surface area contributed by atoms with E-state index in [1.807, 2.05) is 35.8 Å². The molecule has 0 aliphatic rings. The standard InChI is InChI=1S/C22H24Cl2N4OS/c1-3-4-10-20(29)25-15(2)21-26-27-22(30-14-16-8-6-5-7-9-16)28(21)19-12-11-17(23)13-18(19)24/h5-9,11-13,15H,3-4,10,14H2,1-2H3,(H,25,29). The molecular formula is C22H24Cl2N4OS. The van der Waals surface area contributed by atoms with Crippen molar-refractivity contribution in [3.63, 3.8) is 0 Å². The van der Waals surface area contributed by atoms with Crippen molar-refractivity contribution in [3.05, 3.63) is 70.0 Å². The van der Waals surface area contributed by atoms with E-state index < -0.39 is 0 Å². The summed E-state index contributed by atoms with van der Waals surface area (Å²) < 4.78 is 1.90. The Morgan fingerprint density at radius 3 is 2.63 bits per heavy atom. The minimum Gasteiger partial charge on any atom is -0.346 e. The van der Waals surface area contributed by atoms with Crippen LogP contribution in [0.2, 0.25) is 10.0 Å². The lowest BCUT2D eigenvalue weighted by molar-refractivity contribution is -0.121. The van der Waals surface area contributed by atoms with Crippen molar-refractivity contribution in [2.45, 2.75) is 50.1 Å². The molecular weight excluding hydrogens is 439 g/mol. The molecule has 158 valence electrons. The topological polar surface area (TPSA) is 59.8 Å². The number of aromatic nitrogens is 3. The largest absolute Gasteiger partial charge is 0.346 e. The van der Waals surface area contributed by atoms with Gasteiger partial charge in [0.25, 0.3) is 0 Å². The number of benzene rings is 2. The number of nitrogens with one attached hydrogen (secondary N) is 1. The van der Waals surface area contributed by atoms with E-state index in [4.69, 9.17) is 23.2 Å². The molecule has 0 radical (unpaired) electrons. The van der Waals surface area contributed by atoms with Crippen LogP contribution in [-0.4, -0.2) is 20.7 Å². The van der Waals surface area contributed by atoms with Crippen molar-refractivity contribution >= 4 is 40.9 Å². The lowest BCUT2D eigenvalue weighted by Crippen LogP contribution is -2.28. The number of halogens is 2. The van der Waals surface area contributed by atoms with Gasteiger partial charge in [-0.15, -0.1) is 10.2 Å². The highest BCUT2D eigenvalue weighted by Crippen LogP contribution is 2.32. The maximum atomic E-state index is 12.2. The third-order valence-electron chi connectivity index (χ3n) is 4.54. The first-order valence-electron chi connectivity index (χ1n) is 9.86. The second-order valence-electron chi connectivity index (χ2n) is 6.94. The van der Waals surface area contributed by atoms with Crippen molar-refractivity contribution in [2.75, 3.05) is 0 Å². The van der Waals surface area contributed by atoms with Gasteiger partial charge in [-0.05, 0) is 37.1 Å². The maximum Gasteiger partial charge on any atom is 0.220 e. The van der Waals surface area contributed by atoms with E-state index in [0.717, 1.165) is 24.3 Å². The van der Waals surface area contributed by atoms with Gasteiger partial charge in [-0.2, -0.15) is 0 Å². The van der Waals surface area contributed by atoms with E-state index >= 15 is 0 Å². The molecule has 0 aliphatic heterocycles. The van der Waals surface area contributed by atoms with E-state index in [-0.39, 0.29) is 11.9 Å². The van der Waals surface area contributed by atoms with Gasteiger partial charge in [0.1, 0.15) is 0 Å². The second-order valence-corrected chi connectivity index (χ2v) is 8.73. The van der Waals surface area contributed by atoms with Crippen LogP contribution in [-0.2, 0) is 10.5 Å². The van der Waals surface area contributed by atoms with Crippen molar-refractivity contribution < 1.29 is 4.79 Å². The first-order chi connectivity index (χ1) is 14.5. The number of hydrogen-bond donors (Lipinski definition) is 1. The molecule has 1 N–H and O–H groups in total. The average molecular weight is 463 g/mol. The minimum atomic E-state index is -0.320. The summed E-state index contributed by atoms with van der Waals surface area (Å²) in [7, 11) is 0. The Bertz CT molecular complexity index is 994. The maximum absolute atomic E-state index is 12.2. The first kappa shape index (κ1) is 22.7. The summed E-state index contributed by atoms with van der Waals surface area (Å²) in [6.45, 7) is 3.96. The van der Waals surface area contributed by atoms with Crippen LogP contribution >= 0.6 is 35.0 Å². The Morgan fingerprint density at radius 1 is 1.17 bits per heavy atom. The molecule has 0 saturated carbocycles. The van der Waals surface area contributed by atoms with Crippen molar-refractivity contribution in [2.24, 2.45) is 0 Å². The van der Waals surface area contributed by atoms with E-state index in [0.29, 0.717) is 27.4 Å². The van der Waals surface area contributed by atoms with E-state index in [2.05, 4.69) is 34.6 Å². The summed E-state index contributed by atoms with van der Waals surface area (Å²) in [5.74, 6) is 1.36. The molecule has 0 spiro atoms. The molecule has 5 nitrogen and oxygen atoms in total. The van der Waals surface area contributed by atoms with Crippen LogP contribution in [0.15, 0.2) is 53.7 Å². The first-order valence-corrected chi connectivity index (χ1v) is 11.6. The summed E-state index contributed by atoms with van der Waals surface area (Å²) in [6.07, 6.45) is 2.32. The third kappa shape index (κ3) is 5.78. The fourth-order valence-corrected chi connectivity index (χ4v) is 4.38. The number of carbonyl (C=O) groups excluding carboxylic acids is 1. The SMILES string of the molecule is CCCCC(=O)NC(C)c1nnc(SCc2ccccc2)n1-c1ccc(Cl)cc1Cl. The zero-order chi connectivity index (χ0) is 21.5. The van der Waals surface area contributed by atoms with Gasteiger partial charge in [-0.1, -0.05) is 78.6 Å². The molecule has 0 fully saturated rings. The lowest BCUT2D eigenvalue weighted by Gasteiger charge is -2.17. The summed E-state index contributed by atoms with van der Waals surface area (Å²) in [5, 5.41) is 13.6. The van der Waals surface area contributed by atoms with E-state index in [1.165, 1.54) is 5.56 Å². The molecule has 8 heteroatoms. The van der Waals surface area contributed by atoms with Crippen LogP contribution in [0.4, 0.5) is 0 Å². The molecule has 0 bridgehead atoms. The fourth-order valence-electron chi connectivity index (χ4n) is 2.98. The predicted octanol–water partition coefficient (Wildman–Crippen LogP) is 6.23. The van der Waals surface area contributed by atoms with Gasteiger partial charge in [0.2, 0.25) is 5.91 Å². The van der Waals surface area contributed by atoms with Gasteiger partial charge in [0.15, 0.2) is 11.0 Å². The predicted molar refractivity (Wildman–Crippen MR) is 123 cm³/mol. The Hall–Kier alpha value is -2.02. The Labute approximate surface area is 191 Å². The van der Waals surface area contributed by atoms with Gasteiger partial charge >= 0.3 is 0 Å². The molecule has 1 aromatic heterocycles. The number of rotatable bonds is 9. The number of thioether (sulfide) groups is 1. The minimum absolute atomic E-state index is 0.000378. The zero-order valence-electron chi connectivity index (χ0n) is 16.9. The number of amides is 1. The van der Waals surface area contributed by atoms with Crippen molar-refractivity contribution in [1.29, 1.82) is 0 Å². The molecule has 1 heterocycles. The summed E-state index contributed by atoms with van der Waals surface area (Å²) in [4.78, 5) is 12.2.